The van der Waals surface area contributed by atoms with Gasteiger partial charge in [-0.25, -0.2) is 0 Å². The molecule has 0 unspecified atom stereocenters. The van der Waals surface area contributed by atoms with Crippen molar-refractivity contribution in [2.45, 2.75) is 97.0 Å². The van der Waals surface area contributed by atoms with E-state index < -0.39 is 16.7 Å². The summed E-state index contributed by atoms with van der Waals surface area (Å²) in [6.07, 6.45) is 0. The number of hydrogen-bond acceptors (Lipinski definition) is 0. The normalized spacial score (nSPS) is 15.2. The molecule has 0 fully saturated rings. The van der Waals surface area contributed by atoms with Crippen LogP contribution in [-0.2, 0) is 16.7 Å². The topological polar surface area (TPSA) is 0 Å². The first-order chi connectivity index (χ1) is 8.83. The average molecular weight is 376 g/mol. The summed E-state index contributed by atoms with van der Waals surface area (Å²) >= 11 is -2.24. The van der Waals surface area contributed by atoms with Crippen molar-refractivity contribution in [1.82, 2.24) is 0 Å². The Labute approximate surface area is 139 Å². The van der Waals surface area contributed by atoms with Crippen LogP contribution < -0.4 is 0 Å². The van der Waals surface area contributed by atoms with Crippen molar-refractivity contribution in [2.24, 2.45) is 21.7 Å². The van der Waals surface area contributed by atoms with Gasteiger partial charge in [0.05, 0.1) is 0 Å². The molecule has 0 rings (SSSR count). The van der Waals surface area contributed by atoms with Gasteiger partial charge >= 0.3 is 140 Å². The van der Waals surface area contributed by atoms with Gasteiger partial charge in [0.2, 0.25) is 0 Å². The molecular formula is C20H43Nb. The zero-order valence-corrected chi connectivity index (χ0v) is 19.3. The van der Waals surface area contributed by atoms with Crippen LogP contribution in [-0.4, -0.2) is 4.23 Å². The molecule has 0 heterocycles. The van der Waals surface area contributed by atoms with E-state index in [-0.39, 0.29) is 0 Å². The fourth-order valence-electron chi connectivity index (χ4n) is 3.96. The first kappa shape index (κ1) is 21.6. The van der Waals surface area contributed by atoms with Gasteiger partial charge in [0.25, 0.3) is 0 Å². The summed E-state index contributed by atoms with van der Waals surface area (Å²) < 4.78 is 7.29. The fourth-order valence-corrected chi connectivity index (χ4v) is 23.4. The summed E-state index contributed by atoms with van der Waals surface area (Å²) in [5.74, 6) is 0. The monoisotopic (exact) mass is 376 g/mol. The molecule has 0 amide bonds. The third-order valence-electron chi connectivity index (χ3n) is 3.03. The Morgan fingerprint density at radius 3 is 0.905 bits per heavy atom. The Morgan fingerprint density at radius 2 is 0.762 bits per heavy atom. The molecule has 0 saturated carbocycles. The molecule has 0 aromatic carbocycles. The van der Waals surface area contributed by atoms with Crippen LogP contribution in [0.15, 0.2) is 0 Å². The first-order valence-electron chi connectivity index (χ1n) is 8.56. The molecule has 0 aliphatic rings. The summed E-state index contributed by atoms with van der Waals surface area (Å²) in [6.45, 7) is 29.2. The second-order valence-electron chi connectivity index (χ2n) is 11.9. The molecule has 0 aromatic rings. The Kier molecular flexibility index (Phi) is 6.81. The van der Waals surface area contributed by atoms with Crippen LogP contribution in [0.25, 0.3) is 0 Å². The van der Waals surface area contributed by atoms with E-state index in [1.807, 2.05) is 0 Å². The van der Waals surface area contributed by atoms with Crippen molar-refractivity contribution < 1.29 is 16.7 Å². The van der Waals surface area contributed by atoms with Crippen LogP contribution >= 0.6 is 0 Å². The quantitative estimate of drug-likeness (QED) is 0.451. The van der Waals surface area contributed by atoms with Gasteiger partial charge in [-0.15, -0.1) is 0 Å². The summed E-state index contributed by atoms with van der Waals surface area (Å²) in [6, 6.07) is 0. The zero-order valence-electron chi connectivity index (χ0n) is 17.1. The Hall–Kier alpha value is 0.610. The third kappa shape index (κ3) is 11.8. The summed E-state index contributed by atoms with van der Waals surface area (Å²) in [7, 11) is 0. The van der Waals surface area contributed by atoms with Gasteiger partial charge < -0.3 is 0 Å². The molecule has 128 valence electrons. The molecule has 0 spiro atoms. The second kappa shape index (κ2) is 6.62. The number of hydrogen-bond donors (Lipinski definition) is 0. The maximum absolute atomic E-state index is 2.88. The summed E-state index contributed by atoms with van der Waals surface area (Å²) in [4.78, 5) is 0. The summed E-state index contributed by atoms with van der Waals surface area (Å²) in [5.41, 5.74) is 1.70. The molecular weight excluding hydrogens is 333 g/mol. The molecule has 0 N–H and O–H groups in total. The molecule has 0 radical (unpaired) electrons. The van der Waals surface area contributed by atoms with E-state index in [4.69, 9.17) is 0 Å². The molecule has 21 heavy (non-hydrogen) atoms. The molecule has 0 aliphatic heterocycles. The fraction of sp³-hybridized carbons (Fsp3) is 0.950. The van der Waals surface area contributed by atoms with Crippen LogP contribution in [0.3, 0.4) is 0 Å². The van der Waals surface area contributed by atoms with Crippen molar-refractivity contribution in [2.75, 3.05) is 0 Å². The van der Waals surface area contributed by atoms with E-state index in [1.54, 1.807) is 0 Å². The third-order valence-corrected chi connectivity index (χ3v) is 17.9. The van der Waals surface area contributed by atoms with E-state index in [1.165, 1.54) is 13.9 Å². The van der Waals surface area contributed by atoms with Crippen molar-refractivity contribution >= 4 is 4.23 Å². The molecule has 0 saturated heterocycles. The molecule has 0 aliphatic carbocycles. The average Bonchev–Trinajstić information content (AvgIpc) is 1.83. The predicted octanol–water partition coefficient (Wildman–Crippen LogP) is 7.38. The molecule has 1 heteroatoms. The van der Waals surface area contributed by atoms with E-state index in [9.17, 15) is 0 Å². The summed E-state index contributed by atoms with van der Waals surface area (Å²) in [5, 5.41) is 0. The van der Waals surface area contributed by atoms with Crippen LogP contribution in [0.4, 0.5) is 0 Å². The predicted molar refractivity (Wildman–Crippen MR) is 98.3 cm³/mol. The standard InChI is InChI=1S/3C5H11.C5H10.Nb/c4*1-5(2,3)4;/h3*1H2,2-4H3;1H,2-4H3;. The zero-order chi connectivity index (χ0) is 17.3. The van der Waals surface area contributed by atoms with E-state index in [2.05, 4.69) is 87.3 Å². The van der Waals surface area contributed by atoms with Crippen molar-refractivity contribution in [3.05, 3.63) is 0 Å². The van der Waals surface area contributed by atoms with E-state index in [0.29, 0.717) is 21.7 Å². The Balaban J connectivity index is 6.02. The molecule has 0 atom stereocenters. The molecule has 0 aromatic heterocycles. The van der Waals surface area contributed by atoms with E-state index >= 15 is 0 Å². The van der Waals surface area contributed by atoms with Crippen LogP contribution in [0.1, 0.15) is 83.1 Å². The molecule has 0 bridgehead atoms. The SMILES string of the molecule is CC(C)(C)[CH]=[Nb]([CH2]C(C)(C)C)([CH2]C(C)(C)C)[CH2]C(C)(C)C. The van der Waals surface area contributed by atoms with Gasteiger partial charge in [0, 0.05) is 0 Å². The van der Waals surface area contributed by atoms with Crippen LogP contribution in [0.5, 0.6) is 0 Å². The first-order valence-corrected chi connectivity index (χ1v) is 14.5. The second-order valence-corrected chi connectivity index (χ2v) is 20.8. The maximum atomic E-state index is 2.88. The molecule has 0 nitrogen and oxygen atoms in total. The van der Waals surface area contributed by atoms with Crippen molar-refractivity contribution in [3.8, 4) is 0 Å². The van der Waals surface area contributed by atoms with Crippen LogP contribution in [0.2, 0.25) is 13.9 Å². The number of rotatable bonds is 3. The van der Waals surface area contributed by atoms with Gasteiger partial charge in [-0.2, -0.15) is 0 Å². The van der Waals surface area contributed by atoms with Gasteiger partial charge in [0.1, 0.15) is 0 Å². The van der Waals surface area contributed by atoms with Gasteiger partial charge in [-0.1, -0.05) is 0 Å². The van der Waals surface area contributed by atoms with Crippen molar-refractivity contribution in [3.63, 3.8) is 0 Å². The van der Waals surface area contributed by atoms with Crippen molar-refractivity contribution in [1.29, 1.82) is 0 Å². The van der Waals surface area contributed by atoms with Gasteiger partial charge in [-0.05, 0) is 0 Å². The minimum atomic E-state index is -2.24. The van der Waals surface area contributed by atoms with E-state index in [0.717, 1.165) is 0 Å². The van der Waals surface area contributed by atoms with Gasteiger partial charge in [0.15, 0.2) is 0 Å². The van der Waals surface area contributed by atoms with Gasteiger partial charge in [-0.3, -0.25) is 0 Å². The minimum absolute atomic E-state index is 0.355. The Morgan fingerprint density at radius 1 is 0.524 bits per heavy atom. The van der Waals surface area contributed by atoms with Crippen LogP contribution in [0, 0.1) is 21.7 Å². The Bertz CT molecular complexity index is 324.